The summed E-state index contributed by atoms with van der Waals surface area (Å²) in [5.74, 6) is 0.727. The Kier molecular flexibility index (Phi) is 1.90. The van der Waals surface area contributed by atoms with Gasteiger partial charge in [0.2, 0.25) is 0 Å². The second-order valence-electron chi connectivity index (χ2n) is 5.03. The molecule has 0 amide bonds. The molecule has 0 N–H and O–H groups in total. The maximum atomic E-state index is 4.17. The Labute approximate surface area is 80.2 Å². The molecule has 1 aromatic rings. The first-order valence-corrected chi connectivity index (χ1v) is 5.02. The van der Waals surface area contributed by atoms with Crippen molar-refractivity contribution in [3.05, 3.63) is 29.6 Å². The van der Waals surface area contributed by atoms with Crippen molar-refractivity contribution in [2.24, 2.45) is 5.41 Å². The lowest BCUT2D eigenvalue weighted by Gasteiger charge is -2.27. The zero-order chi connectivity index (χ0) is 9.47. The predicted molar refractivity (Wildman–Crippen MR) is 54.8 cm³/mol. The van der Waals surface area contributed by atoms with Crippen LogP contribution in [0.15, 0.2) is 18.5 Å². The van der Waals surface area contributed by atoms with E-state index >= 15 is 0 Å². The molecule has 1 heteroatoms. The summed E-state index contributed by atoms with van der Waals surface area (Å²) >= 11 is 0. The molecule has 1 unspecified atom stereocenters. The molecule has 1 heterocycles. The number of fused-ring (bicyclic) bond motifs is 1. The zero-order valence-corrected chi connectivity index (χ0v) is 8.67. The summed E-state index contributed by atoms with van der Waals surface area (Å²) < 4.78 is 0. The van der Waals surface area contributed by atoms with Crippen LogP contribution in [-0.4, -0.2) is 4.98 Å². The molecule has 0 spiro atoms. The maximum absolute atomic E-state index is 4.17. The lowest BCUT2D eigenvalue weighted by atomic mass is 9.77. The molecule has 1 aromatic heterocycles. The minimum Gasteiger partial charge on any atom is -0.264 e. The summed E-state index contributed by atoms with van der Waals surface area (Å²) in [6.45, 7) is 6.98. The van der Waals surface area contributed by atoms with Crippen LogP contribution in [0.4, 0.5) is 0 Å². The second kappa shape index (κ2) is 2.83. The summed E-state index contributed by atoms with van der Waals surface area (Å²) in [6, 6.07) is 2.19. The Morgan fingerprint density at radius 1 is 1.38 bits per heavy atom. The molecule has 0 saturated heterocycles. The number of nitrogens with zero attached hydrogens (tertiary/aromatic N) is 1. The molecule has 0 aliphatic heterocycles. The second-order valence-corrected chi connectivity index (χ2v) is 5.03. The lowest BCUT2D eigenvalue weighted by molar-refractivity contribution is 0.319. The normalized spacial score (nSPS) is 21.6. The van der Waals surface area contributed by atoms with Gasteiger partial charge in [0, 0.05) is 12.4 Å². The van der Waals surface area contributed by atoms with Crippen molar-refractivity contribution < 1.29 is 0 Å². The first kappa shape index (κ1) is 8.74. The van der Waals surface area contributed by atoms with Gasteiger partial charge in [-0.3, -0.25) is 4.98 Å². The van der Waals surface area contributed by atoms with Crippen molar-refractivity contribution in [1.82, 2.24) is 4.98 Å². The van der Waals surface area contributed by atoms with Crippen LogP contribution < -0.4 is 0 Å². The van der Waals surface area contributed by atoms with E-state index in [1.54, 1.807) is 0 Å². The first-order valence-electron chi connectivity index (χ1n) is 5.02. The van der Waals surface area contributed by atoms with E-state index in [-0.39, 0.29) is 0 Å². The fraction of sp³-hybridized carbons (Fsp3) is 0.583. The van der Waals surface area contributed by atoms with Gasteiger partial charge in [-0.25, -0.2) is 0 Å². The third kappa shape index (κ3) is 1.48. The topological polar surface area (TPSA) is 12.9 Å². The van der Waals surface area contributed by atoms with Gasteiger partial charge in [-0.05, 0) is 41.4 Å². The smallest absolute Gasteiger partial charge is 0.0302 e. The Balaban J connectivity index is 2.39. The molecular weight excluding hydrogens is 158 g/mol. The van der Waals surface area contributed by atoms with Gasteiger partial charge in [0.15, 0.2) is 0 Å². The van der Waals surface area contributed by atoms with E-state index in [2.05, 4.69) is 31.8 Å². The molecule has 0 aromatic carbocycles. The summed E-state index contributed by atoms with van der Waals surface area (Å²) in [6.07, 6.45) is 6.46. The average Bonchev–Trinajstić information content (AvgIpc) is 2.45. The van der Waals surface area contributed by atoms with Crippen LogP contribution >= 0.6 is 0 Å². The highest BCUT2D eigenvalue weighted by Gasteiger charge is 2.31. The standard InChI is InChI=1S/C12H17N/c1-12(2,3)11-5-4-9-8-13-7-6-10(9)11/h6-8,11H,4-5H2,1-3H3. The third-order valence-electron chi connectivity index (χ3n) is 3.06. The number of aryl methyl sites for hydroxylation is 1. The fourth-order valence-corrected chi connectivity index (χ4v) is 2.34. The van der Waals surface area contributed by atoms with Gasteiger partial charge in [0.25, 0.3) is 0 Å². The molecule has 13 heavy (non-hydrogen) atoms. The van der Waals surface area contributed by atoms with Crippen LogP contribution in [0.5, 0.6) is 0 Å². The van der Waals surface area contributed by atoms with E-state index < -0.39 is 0 Å². The fourth-order valence-electron chi connectivity index (χ4n) is 2.34. The molecule has 0 radical (unpaired) electrons. The number of hydrogen-bond acceptors (Lipinski definition) is 1. The van der Waals surface area contributed by atoms with E-state index in [1.807, 2.05) is 12.4 Å². The van der Waals surface area contributed by atoms with Gasteiger partial charge in [0.05, 0.1) is 0 Å². The SMILES string of the molecule is CC(C)(C)C1CCc2cnccc21. The minimum absolute atomic E-state index is 0.395. The molecule has 2 rings (SSSR count). The summed E-state index contributed by atoms with van der Waals surface area (Å²) in [4.78, 5) is 4.17. The van der Waals surface area contributed by atoms with Crippen molar-refractivity contribution >= 4 is 0 Å². The van der Waals surface area contributed by atoms with Crippen LogP contribution in [0.1, 0.15) is 44.2 Å². The number of hydrogen-bond donors (Lipinski definition) is 0. The summed E-state index contributed by atoms with van der Waals surface area (Å²) in [5, 5.41) is 0. The van der Waals surface area contributed by atoms with Gasteiger partial charge in [-0.15, -0.1) is 0 Å². The number of rotatable bonds is 0. The van der Waals surface area contributed by atoms with Crippen LogP contribution in [0.2, 0.25) is 0 Å². The Bertz CT molecular complexity index is 309. The Hall–Kier alpha value is -0.850. The van der Waals surface area contributed by atoms with Crippen LogP contribution in [-0.2, 0) is 6.42 Å². The molecule has 0 fully saturated rings. The van der Waals surface area contributed by atoms with E-state index in [4.69, 9.17) is 0 Å². The molecular formula is C12H17N. The van der Waals surface area contributed by atoms with Gasteiger partial charge >= 0.3 is 0 Å². The number of aromatic nitrogens is 1. The van der Waals surface area contributed by atoms with Gasteiger partial charge < -0.3 is 0 Å². The summed E-state index contributed by atoms with van der Waals surface area (Å²) in [5.41, 5.74) is 3.39. The largest absolute Gasteiger partial charge is 0.264 e. The van der Waals surface area contributed by atoms with Crippen LogP contribution in [0, 0.1) is 5.41 Å². The van der Waals surface area contributed by atoms with Crippen molar-refractivity contribution in [3.8, 4) is 0 Å². The van der Waals surface area contributed by atoms with E-state index in [1.165, 1.54) is 24.0 Å². The van der Waals surface area contributed by atoms with Crippen molar-refractivity contribution in [2.75, 3.05) is 0 Å². The van der Waals surface area contributed by atoms with Crippen LogP contribution in [0.3, 0.4) is 0 Å². The molecule has 70 valence electrons. The molecule has 0 saturated carbocycles. The average molecular weight is 175 g/mol. The lowest BCUT2D eigenvalue weighted by Crippen LogP contribution is -2.15. The third-order valence-corrected chi connectivity index (χ3v) is 3.06. The van der Waals surface area contributed by atoms with E-state index in [0.29, 0.717) is 5.41 Å². The Morgan fingerprint density at radius 2 is 2.15 bits per heavy atom. The van der Waals surface area contributed by atoms with E-state index in [9.17, 15) is 0 Å². The quantitative estimate of drug-likeness (QED) is 0.590. The highest BCUT2D eigenvalue weighted by molar-refractivity contribution is 5.33. The molecule has 0 bridgehead atoms. The highest BCUT2D eigenvalue weighted by Crippen LogP contribution is 2.44. The monoisotopic (exact) mass is 175 g/mol. The highest BCUT2D eigenvalue weighted by atomic mass is 14.6. The van der Waals surface area contributed by atoms with Gasteiger partial charge in [-0.1, -0.05) is 20.8 Å². The minimum atomic E-state index is 0.395. The Morgan fingerprint density at radius 3 is 2.85 bits per heavy atom. The zero-order valence-electron chi connectivity index (χ0n) is 8.67. The molecule has 1 aliphatic rings. The van der Waals surface area contributed by atoms with Gasteiger partial charge in [-0.2, -0.15) is 0 Å². The predicted octanol–water partition coefficient (Wildman–Crippen LogP) is 3.16. The molecule has 1 nitrogen and oxygen atoms in total. The number of pyridine rings is 1. The molecule has 1 aliphatic carbocycles. The van der Waals surface area contributed by atoms with Gasteiger partial charge in [0.1, 0.15) is 0 Å². The van der Waals surface area contributed by atoms with Crippen molar-refractivity contribution in [1.29, 1.82) is 0 Å². The van der Waals surface area contributed by atoms with Crippen LogP contribution in [0.25, 0.3) is 0 Å². The van der Waals surface area contributed by atoms with Crippen molar-refractivity contribution in [3.63, 3.8) is 0 Å². The maximum Gasteiger partial charge on any atom is 0.0302 e. The molecule has 1 atom stereocenters. The summed E-state index contributed by atoms with van der Waals surface area (Å²) in [7, 11) is 0. The van der Waals surface area contributed by atoms with E-state index in [0.717, 1.165) is 5.92 Å². The van der Waals surface area contributed by atoms with Crippen molar-refractivity contribution in [2.45, 2.75) is 39.5 Å². The first-order chi connectivity index (χ1) is 6.09.